The first-order valence-electron chi connectivity index (χ1n) is 5.74. The van der Waals surface area contributed by atoms with Crippen molar-refractivity contribution in [2.75, 3.05) is 19.6 Å². The highest BCUT2D eigenvalue weighted by molar-refractivity contribution is 5.84. The summed E-state index contributed by atoms with van der Waals surface area (Å²) < 4.78 is 0. The zero-order valence-electron chi connectivity index (χ0n) is 9.12. The van der Waals surface area contributed by atoms with Crippen molar-refractivity contribution < 1.29 is 4.79 Å². The summed E-state index contributed by atoms with van der Waals surface area (Å²) in [4.78, 5) is 13.9. The molecule has 3 unspecified atom stereocenters. The van der Waals surface area contributed by atoms with Crippen molar-refractivity contribution in [1.82, 2.24) is 10.2 Å². The molecular weight excluding hydrogens is 176 g/mol. The summed E-state index contributed by atoms with van der Waals surface area (Å²) in [7, 11) is 0. The van der Waals surface area contributed by atoms with Crippen LogP contribution in [0.5, 0.6) is 0 Å². The number of carbonyl (C=O) groups excluding carboxylic acids is 1. The second kappa shape index (κ2) is 3.89. The number of likely N-dealkylation sites (tertiary alicyclic amines) is 1. The Kier molecular flexibility index (Phi) is 2.77. The lowest BCUT2D eigenvalue weighted by atomic mass is 10.2. The third kappa shape index (κ3) is 1.92. The summed E-state index contributed by atoms with van der Waals surface area (Å²) in [5.41, 5.74) is 0. The highest BCUT2D eigenvalue weighted by Crippen LogP contribution is 2.38. The van der Waals surface area contributed by atoms with Gasteiger partial charge in [-0.05, 0) is 31.2 Å². The Labute approximate surface area is 85.8 Å². The molecule has 3 atom stereocenters. The molecule has 80 valence electrons. The van der Waals surface area contributed by atoms with Crippen LogP contribution in [0.4, 0.5) is 0 Å². The van der Waals surface area contributed by atoms with Crippen LogP contribution in [0.25, 0.3) is 0 Å². The Hall–Kier alpha value is -0.570. The normalized spacial score (nSPS) is 36.6. The fourth-order valence-corrected chi connectivity index (χ4v) is 2.29. The van der Waals surface area contributed by atoms with E-state index in [1.54, 1.807) is 0 Å². The number of nitrogens with zero attached hydrogens (tertiary/aromatic N) is 1. The molecule has 2 aliphatic rings. The lowest BCUT2D eigenvalue weighted by Crippen LogP contribution is -2.38. The number of likely N-dealkylation sites (N-methyl/N-ethyl adjacent to an activating group) is 1. The van der Waals surface area contributed by atoms with Gasteiger partial charge in [0.05, 0.1) is 6.04 Å². The van der Waals surface area contributed by atoms with Crippen molar-refractivity contribution in [3.8, 4) is 0 Å². The molecule has 0 aromatic carbocycles. The summed E-state index contributed by atoms with van der Waals surface area (Å²) in [5, 5.41) is 3.24. The fraction of sp³-hybridized carbons (Fsp3) is 0.909. The number of amides is 1. The average Bonchev–Trinajstić information content (AvgIpc) is 2.75. The Bertz CT molecular complexity index is 229. The molecule has 1 saturated heterocycles. The van der Waals surface area contributed by atoms with E-state index in [0.717, 1.165) is 37.9 Å². The fourth-order valence-electron chi connectivity index (χ4n) is 2.29. The zero-order valence-corrected chi connectivity index (χ0v) is 9.12. The molecule has 1 aliphatic heterocycles. The SMILES string of the molecule is CCNC1CCN(CC2CC2C)C1=O. The lowest BCUT2D eigenvalue weighted by molar-refractivity contribution is -0.129. The van der Waals surface area contributed by atoms with Gasteiger partial charge in [0.25, 0.3) is 0 Å². The van der Waals surface area contributed by atoms with Gasteiger partial charge >= 0.3 is 0 Å². The van der Waals surface area contributed by atoms with Crippen LogP contribution >= 0.6 is 0 Å². The summed E-state index contributed by atoms with van der Waals surface area (Å²) in [6.07, 6.45) is 2.31. The Balaban J connectivity index is 1.81. The molecule has 1 saturated carbocycles. The Morgan fingerprint density at radius 3 is 2.86 bits per heavy atom. The third-order valence-electron chi connectivity index (χ3n) is 3.48. The number of carbonyl (C=O) groups is 1. The molecule has 14 heavy (non-hydrogen) atoms. The van der Waals surface area contributed by atoms with Gasteiger partial charge in [-0.2, -0.15) is 0 Å². The summed E-state index contributed by atoms with van der Waals surface area (Å²) in [6, 6.07) is 0.106. The highest BCUT2D eigenvalue weighted by Gasteiger charge is 2.38. The largest absolute Gasteiger partial charge is 0.341 e. The maximum Gasteiger partial charge on any atom is 0.239 e. The maximum absolute atomic E-state index is 11.8. The number of hydrogen-bond donors (Lipinski definition) is 1. The molecule has 3 nitrogen and oxygen atoms in total. The Morgan fingerprint density at radius 2 is 2.29 bits per heavy atom. The van der Waals surface area contributed by atoms with E-state index in [4.69, 9.17) is 0 Å². The van der Waals surface area contributed by atoms with Crippen molar-refractivity contribution >= 4 is 5.91 Å². The van der Waals surface area contributed by atoms with Crippen LogP contribution in [-0.4, -0.2) is 36.5 Å². The van der Waals surface area contributed by atoms with Gasteiger partial charge in [-0.15, -0.1) is 0 Å². The number of hydrogen-bond acceptors (Lipinski definition) is 2. The number of rotatable bonds is 4. The van der Waals surface area contributed by atoms with Crippen LogP contribution < -0.4 is 5.32 Å². The van der Waals surface area contributed by atoms with Crippen LogP contribution in [0, 0.1) is 11.8 Å². The number of nitrogens with one attached hydrogen (secondary N) is 1. The second-order valence-electron chi connectivity index (χ2n) is 4.66. The molecule has 2 fully saturated rings. The van der Waals surface area contributed by atoms with Crippen molar-refractivity contribution in [2.45, 2.75) is 32.7 Å². The second-order valence-corrected chi connectivity index (χ2v) is 4.66. The quantitative estimate of drug-likeness (QED) is 0.723. The first kappa shape index (κ1) is 9.97. The monoisotopic (exact) mass is 196 g/mol. The molecule has 2 rings (SSSR count). The van der Waals surface area contributed by atoms with Gasteiger partial charge in [0.1, 0.15) is 0 Å². The van der Waals surface area contributed by atoms with Gasteiger partial charge in [-0.25, -0.2) is 0 Å². The molecule has 1 aliphatic carbocycles. The van der Waals surface area contributed by atoms with E-state index in [2.05, 4.69) is 19.2 Å². The van der Waals surface area contributed by atoms with Gasteiger partial charge in [0.15, 0.2) is 0 Å². The van der Waals surface area contributed by atoms with E-state index in [-0.39, 0.29) is 6.04 Å². The van der Waals surface area contributed by atoms with Crippen LogP contribution in [-0.2, 0) is 4.79 Å². The van der Waals surface area contributed by atoms with Crippen LogP contribution in [0.15, 0.2) is 0 Å². The summed E-state index contributed by atoms with van der Waals surface area (Å²) in [6.45, 7) is 7.18. The van der Waals surface area contributed by atoms with Gasteiger partial charge in [0, 0.05) is 13.1 Å². The highest BCUT2D eigenvalue weighted by atomic mass is 16.2. The first-order valence-corrected chi connectivity index (χ1v) is 5.74. The minimum atomic E-state index is 0.106. The van der Waals surface area contributed by atoms with Gasteiger partial charge in [0.2, 0.25) is 5.91 Å². The molecule has 0 aromatic rings. The molecule has 0 spiro atoms. The minimum absolute atomic E-state index is 0.106. The molecule has 0 aromatic heterocycles. The minimum Gasteiger partial charge on any atom is -0.341 e. The maximum atomic E-state index is 11.8. The topological polar surface area (TPSA) is 32.3 Å². The zero-order chi connectivity index (χ0) is 10.1. The molecular formula is C11H20N2O. The van der Waals surface area contributed by atoms with Crippen LogP contribution in [0.1, 0.15) is 26.7 Å². The van der Waals surface area contributed by atoms with E-state index in [0.29, 0.717) is 5.91 Å². The molecule has 0 bridgehead atoms. The van der Waals surface area contributed by atoms with Crippen LogP contribution in [0.3, 0.4) is 0 Å². The van der Waals surface area contributed by atoms with E-state index >= 15 is 0 Å². The summed E-state index contributed by atoms with van der Waals surface area (Å²) in [5.74, 6) is 1.96. The third-order valence-corrected chi connectivity index (χ3v) is 3.48. The molecule has 1 heterocycles. The predicted molar refractivity (Wildman–Crippen MR) is 55.9 cm³/mol. The summed E-state index contributed by atoms with van der Waals surface area (Å²) >= 11 is 0. The Morgan fingerprint density at radius 1 is 1.57 bits per heavy atom. The average molecular weight is 196 g/mol. The first-order chi connectivity index (χ1) is 6.72. The lowest BCUT2D eigenvalue weighted by Gasteiger charge is -2.16. The predicted octanol–water partition coefficient (Wildman–Crippen LogP) is 0.853. The standard InChI is InChI=1S/C11H20N2O/c1-3-12-10-4-5-13(11(10)14)7-9-6-8(9)2/h8-10,12H,3-7H2,1-2H3. The van der Waals surface area contributed by atoms with Gasteiger partial charge in [-0.1, -0.05) is 13.8 Å². The van der Waals surface area contributed by atoms with Crippen molar-refractivity contribution in [3.05, 3.63) is 0 Å². The molecule has 0 radical (unpaired) electrons. The smallest absolute Gasteiger partial charge is 0.239 e. The van der Waals surface area contributed by atoms with Crippen LogP contribution in [0.2, 0.25) is 0 Å². The van der Waals surface area contributed by atoms with Gasteiger partial charge < -0.3 is 10.2 Å². The van der Waals surface area contributed by atoms with E-state index in [9.17, 15) is 4.79 Å². The van der Waals surface area contributed by atoms with E-state index in [1.807, 2.05) is 4.90 Å². The molecule has 3 heteroatoms. The van der Waals surface area contributed by atoms with E-state index in [1.165, 1.54) is 6.42 Å². The van der Waals surface area contributed by atoms with Crippen molar-refractivity contribution in [2.24, 2.45) is 11.8 Å². The van der Waals surface area contributed by atoms with Crippen molar-refractivity contribution in [3.63, 3.8) is 0 Å². The van der Waals surface area contributed by atoms with Gasteiger partial charge in [-0.3, -0.25) is 4.79 Å². The molecule has 1 N–H and O–H groups in total. The molecule has 1 amide bonds. The van der Waals surface area contributed by atoms with E-state index < -0.39 is 0 Å². The van der Waals surface area contributed by atoms with Crippen molar-refractivity contribution in [1.29, 1.82) is 0 Å².